The van der Waals surface area contributed by atoms with Crippen molar-refractivity contribution in [3.05, 3.63) is 29.8 Å². The van der Waals surface area contributed by atoms with Gasteiger partial charge in [0.25, 0.3) is 0 Å². The van der Waals surface area contributed by atoms with Crippen LogP contribution < -0.4 is 5.32 Å². The molecule has 1 fully saturated rings. The highest BCUT2D eigenvalue weighted by Crippen LogP contribution is 2.24. The lowest BCUT2D eigenvalue weighted by Gasteiger charge is -2.31. The van der Waals surface area contributed by atoms with Crippen molar-refractivity contribution < 1.29 is 28.2 Å². The molecule has 8 nitrogen and oxygen atoms in total. The summed E-state index contributed by atoms with van der Waals surface area (Å²) >= 11 is 0. The smallest absolute Gasteiger partial charge is 0.337 e. The van der Waals surface area contributed by atoms with Crippen molar-refractivity contribution in [2.75, 3.05) is 19.6 Å². The average molecular weight is 384 g/mol. The third kappa shape index (κ3) is 4.60. The van der Waals surface area contributed by atoms with Gasteiger partial charge >= 0.3 is 5.97 Å². The maximum Gasteiger partial charge on any atom is 0.337 e. The highest BCUT2D eigenvalue weighted by Gasteiger charge is 2.35. The monoisotopic (exact) mass is 384 g/mol. The Bertz CT molecular complexity index is 773. The molecule has 0 radical (unpaired) electrons. The normalized spacial score (nSPS) is 21.0. The zero-order valence-corrected chi connectivity index (χ0v) is 15.6. The molecule has 144 valence electrons. The molecule has 3 N–H and O–H groups in total. The van der Waals surface area contributed by atoms with Crippen molar-refractivity contribution in [3.63, 3.8) is 0 Å². The zero-order chi connectivity index (χ0) is 19.5. The lowest BCUT2D eigenvalue weighted by atomic mass is 9.98. The molecule has 26 heavy (non-hydrogen) atoms. The molecule has 1 aliphatic rings. The van der Waals surface area contributed by atoms with Crippen molar-refractivity contribution in [1.82, 2.24) is 9.62 Å². The van der Waals surface area contributed by atoms with Gasteiger partial charge in [-0.05, 0) is 38.8 Å². The van der Waals surface area contributed by atoms with Gasteiger partial charge in [0, 0.05) is 13.1 Å². The Hall–Kier alpha value is -1.97. The molecular formula is C17H24N2O6S. The maximum absolute atomic E-state index is 12.7. The number of aliphatic carboxylic acids is 1. The van der Waals surface area contributed by atoms with Gasteiger partial charge in [0.05, 0.1) is 17.4 Å². The minimum atomic E-state index is -3.69. The van der Waals surface area contributed by atoms with Crippen LogP contribution in [0.2, 0.25) is 0 Å². The molecule has 1 heterocycles. The highest BCUT2D eigenvalue weighted by molar-refractivity contribution is 7.89. The maximum atomic E-state index is 12.7. The van der Waals surface area contributed by atoms with Crippen molar-refractivity contribution in [3.8, 4) is 0 Å². The first-order valence-electron chi connectivity index (χ1n) is 8.34. The second kappa shape index (κ2) is 7.73. The molecule has 0 aromatic heterocycles. The van der Waals surface area contributed by atoms with E-state index in [0.717, 1.165) is 12.5 Å². The van der Waals surface area contributed by atoms with Crippen LogP contribution in [0, 0.1) is 12.8 Å². The highest BCUT2D eigenvalue weighted by atomic mass is 32.2. The molecule has 2 rings (SSSR count). The predicted molar refractivity (Wildman–Crippen MR) is 93.9 cm³/mol. The molecule has 2 atom stereocenters. The zero-order valence-electron chi connectivity index (χ0n) is 14.8. The molecule has 1 saturated heterocycles. The Morgan fingerprint density at radius 1 is 1.31 bits per heavy atom. The summed E-state index contributed by atoms with van der Waals surface area (Å²) in [5.41, 5.74) is -1.12. The number of piperidine rings is 1. The number of aryl methyl sites for hydroxylation is 1. The van der Waals surface area contributed by atoms with E-state index >= 15 is 0 Å². The number of aliphatic hydroxyl groups is 1. The third-order valence-electron chi connectivity index (χ3n) is 4.48. The fourth-order valence-corrected chi connectivity index (χ4v) is 4.24. The van der Waals surface area contributed by atoms with Crippen LogP contribution in [-0.2, 0) is 19.6 Å². The van der Waals surface area contributed by atoms with Crippen LogP contribution in [0.3, 0.4) is 0 Å². The molecule has 0 spiro atoms. The van der Waals surface area contributed by atoms with E-state index in [0.29, 0.717) is 19.4 Å². The molecule has 1 aromatic carbocycles. The number of hydrogen-bond acceptors (Lipinski definition) is 5. The number of amides is 1. The number of carboxylic acids is 1. The molecule has 0 aliphatic carbocycles. The van der Waals surface area contributed by atoms with Crippen LogP contribution in [-0.4, -0.2) is 60.0 Å². The second-order valence-corrected chi connectivity index (χ2v) is 8.75. The SMILES string of the molecule is Cc1ccc(S(=O)(=O)N2CCCC(C(=O)NCC(C)(O)C(=O)O)C2)cc1. The standard InChI is InChI=1S/C17H24N2O6S/c1-12-5-7-14(8-6-12)26(24,25)19-9-3-4-13(10-19)15(20)18-11-17(2,23)16(21)22/h5-8,13,23H,3-4,9-11H2,1-2H3,(H,18,20)(H,21,22). The minimum absolute atomic E-state index is 0.0251. The molecule has 1 amide bonds. The van der Waals surface area contributed by atoms with Gasteiger partial charge in [0.2, 0.25) is 15.9 Å². The van der Waals surface area contributed by atoms with Gasteiger partial charge < -0.3 is 15.5 Å². The number of carboxylic acid groups (broad SMARTS) is 1. The van der Waals surface area contributed by atoms with Gasteiger partial charge in [0.15, 0.2) is 5.60 Å². The van der Waals surface area contributed by atoms with E-state index in [-0.39, 0.29) is 11.4 Å². The number of hydrogen-bond donors (Lipinski definition) is 3. The molecule has 0 saturated carbocycles. The van der Waals surface area contributed by atoms with Gasteiger partial charge in [-0.3, -0.25) is 4.79 Å². The first kappa shape index (κ1) is 20.3. The predicted octanol–water partition coefficient (Wildman–Crippen LogP) is 0.348. The van der Waals surface area contributed by atoms with Crippen molar-refractivity contribution in [1.29, 1.82) is 0 Å². The summed E-state index contributed by atoms with van der Waals surface area (Å²) in [6.45, 7) is 2.86. The van der Waals surface area contributed by atoms with Crippen LogP contribution >= 0.6 is 0 Å². The summed E-state index contributed by atoms with van der Waals surface area (Å²) in [6.07, 6.45) is 1.03. The van der Waals surface area contributed by atoms with Crippen LogP contribution in [0.4, 0.5) is 0 Å². The van der Waals surface area contributed by atoms with Gasteiger partial charge in [-0.15, -0.1) is 0 Å². The molecular weight excluding hydrogens is 360 g/mol. The third-order valence-corrected chi connectivity index (χ3v) is 6.36. The summed E-state index contributed by atoms with van der Waals surface area (Å²) in [4.78, 5) is 23.3. The Balaban J connectivity index is 2.05. The second-order valence-electron chi connectivity index (χ2n) is 6.81. The number of rotatable bonds is 6. The largest absolute Gasteiger partial charge is 0.479 e. The van der Waals surface area contributed by atoms with Crippen molar-refractivity contribution >= 4 is 21.9 Å². The number of nitrogens with one attached hydrogen (secondary N) is 1. The number of sulfonamides is 1. The summed E-state index contributed by atoms with van der Waals surface area (Å²) < 4.78 is 26.8. The number of carbonyl (C=O) groups excluding carboxylic acids is 1. The fourth-order valence-electron chi connectivity index (χ4n) is 2.71. The molecule has 9 heteroatoms. The van der Waals surface area contributed by atoms with E-state index in [2.05, 4.69) is 5.32 Å². The van der Waals surface area contributed by atoms with E-state index in [4.69, 9.17) is 5.11 Å². The van der Waals surface area contributed by atoms with Gasteiger partial charge in [-0.1, -0.05) is 17.7 Å². The summed E-state index contributed by atoms with van der Waals surface area (Å²) in [5.74, 6) is -2.49. The van der Waals surface area contributed by atoms with E-state index < -0.39 is 40.0 Å². The van der Waals surface area contributed by atoms with Crippen LogP contribution in [0.25, 0.3) is 0 Å². The van der Waals surface area contributed by atoms with Crippen LogP contribution in [0.15, 0.2) is 29.2 Å². The minimum Gasteiger partial charge on any atom is -0.479 e. The molecule has 1 aromatic rings. The van der Waals surface area contributed by atoms with Gasteiger partial charge in [0.1, 0.15) is 0 Å². The summed E-state index contributed by atoms with van der Waals surface area (Å²) in [7, 11) is -3.69. The Morgan fingerprint density at radius 3 is 2.50 bits per heavy atom. The number of nitrogens with zero attached hydrogens (tertiary/aromatic N) is 1. The Kier molecular flexibility index (Phi) is 6.05. The van der Waals surface area contributed by atoms with Gasteiger partial charge in [-0.25, -0.2) is 13.2 Å². The molecule has 0 bridgehead atoms. The topological polar surface area (TPSA) is 124 Å². The van der Waals surface area contributed by atoms with E-state index in [1.165, 1.54) is 4.31 Å². The van der Waals surface area contributed by atoms with Crippen LogP contribution in [0.5, 0.6) is 0 Å². The van der Waals surface area contributed by atoms with Crippen molar-refractivity contribution in [2.45, 2.75) is 37.2 Å². The Morgan fingerprint density at radius 2 is 1.92 bits per heavy atom. The van der Waals surface area contributed by atoms with Crippen LogP contribution in [0.1, 0.15) is 25.3 Å². The first-order valence-corrected chi connectivity index (χ1v) is 9.78. The number of benzene rings is 1. The number of carbonyl (C=O) groups is 2. The first-order chi connectivity index (χ1) is 12.0. The fraction of sp³-hybridized carbons (Fsp3) is 0.529. The van der Waals surface area contributed by atoms with E-state index in [1.807, 2.05) is 6.92 Å². The average Bonchev–Trinajstić information content (AvgIpc) is 2.60. The lowest BCUT2D eigenvalue weighted by molar-refractivity contribution is -0.156. The van der Waals surface area contributed by atoms with Crippen molar-refractivity contribution in [2.24, 2.45) is 5.92 Å². The summed E-state index contributed by atoms with van der Waals surface area (Å²) in [5, 5.41) is 20.9. The van der Waals surface area contributed by atoms with Gasteiger partial charge in [-0.2, -0.15) is 4.31 Å². The lowest BCUT2D eigenvalue weighted by Crippen LogP contribution is -2.50. The molecule has 2 unspecified atom stereocenters. The molecule has 1 aliphatic heterocycles. The summed E-state index contributed by atoms with van der Waals surface area (Å²) in [6, 6.07) is 6.51. The van der Waals surface area contributed by atoms with E-state index in [9.17, 15) is 23.1 Å². The Labute approximate surface area is 152 Å². The van der Waals surface area contributed by atoms with E-state index in [1.54, 1.807) is 24.3 Å². The quantitative estimate of drug-likeness (QED) is 0.650.